The lowest BCUT2D eigenvalue weighted by atomic mass is 9.34. The van der Waals surface area contributed by atoms with Crippen LogP contribution in [-0.4, -0.2) is 7.28 Å². The van der Waals surface area contributed by atoms with E-state index in [1.807, 2.05) is 0 Å². The Bertz CT molecular complexity index is 222. The molecule has 17 heavy (non-hydrogen) atoms. The molecule has 0 spiro atoms. The lowest BCUT2D eigenvalue weighted by Gasteiger charge is -2.43. The van der Waals surface area contributed by atoms with Crippen molar-refractivity contribution in [3.63, 3.8) is 0 Å². The van der Waals surface area contributed by atoms with Gasteiger partial charge < -0.3 is 0 Å². The third kappa shape index (κ3) is 3.29. The van der Waals surface area contributed by atoms with Crippen LogP contribution in [0, 0.1) is 5.92 Å². The molecule has 0 saturated carbocycles. The Kier molecular flexibility index (Phi) is 5.60. The number of hydrogen-bond acceptors (Lipinski definition) is 0. The van der Waals surface area contributed by atoms with Gasteiger partial charge in [0.25, 0.3) is 0 Å². The summed E-state index contributed by atoms with van der Waals surface area (Å²) in [7, 11) is 1.49. The molecule has 0 nitrogen and oxygen atoms in total. The van der Waals surface area contributed by atoms with Gasteiger partial charge in [0, 0.05) is 0 Å². The van der Waals surface area contributed by atoms with E-state index >= 15 is 0 Å². The van der Waals surface area contributed by atoms with Gasteiger partial charge >= 0.3 is 0 Å². The van der Waals surface area contributed by atoms with Crippen LogP contribution in [-0.2, 0) is 0 Å². The Morgan fingerprint density at radius 2 is 1.53 bits per heavy atom. The quantitative estimate of drug-likeness (QED) is 0.546. The van der Waals surface area contributed by atoms with Gasteiger partial charge in [0.2, 0.25) is 0 Å². The summed E-state index contributed by atoms with van der Waals surface area (Å²) in [5.41, 5.74) is 0. The summed E-state index contributed by atoms with van der Waals surface area (Å²) < 4.78 is 0. The molecule has 2 unspecified atom stereocenters. The highest BCUT2D eigenvalue weighted by molar-refractivity contribution is 6.44. The maximum absolute atomic E-state index is 2.55. The van der Waals surface area contributed by atoms with Crippen molar-refractivity contribution in [3.8, 4) is 0 Å². The lowest BCUT2D eigenvalue weighted by Crippen LogP contribution is -2.34. The molecule has 1 heterocycles. The molecule has 1 saturated heterocycles. The summed E-state index contributed by atoms with van der Waals surface area (Å²) in [6.45, 7) is 12.2. The first-order valence-corrected chi connectivity index (χ1v) is 8.05. The first kappa shape index (κ1) is 15.1. The fourth-order valence-electron chi connectivity index (χ4n) is 4.45. The predicted molar refractivity (Wildman–Crippen MR) is 81.3 cm³/mol. The average Bonchev–Trinajstić information content (AvgIpc) is 2.52. The van der Waals surface area contributed by atoms with Crippen LogP contribution in [0.4, 0.5) is 0 Å². The van der Waals surface area contributed by atoms with E-state index in [4.69, 9.17) is 0 Å². The summed E-state index contributed by atoms with van der Waals surface area (Å²) in [6.07, 6.45) is 11.4. The first-order chi connectivity index (χ1) is 8.05. The average molecular weight is 236 g/mol. The van der Waals surface area contributed by atoms with Crippen molar-refractivity contribution in [2.75, 3.05) is 0 Å². The Hall–Kier alpha value is 0.0649. The van der Waals surface area contributed by atoms with Crippen LogP contribution in [0.1, 0.15) is 86.0 Å². The molecule has 1 heteroatoms. The molecule has 0 aromatic heterocycles. The van der Waals surface area contributed by atoms with Crippen molar-refractivity contribution >= 4 is 7.28 Å². The van der Waals surface area contributed by atoms with Gasteiger partial charge in [-0.2, -0.15) is 0 Å². The zero-order valence-electron chi connectivity index (χ0n) is 12.9. The summed E-state index contributed by atoms with van der Waals surface area (Å²) in [5, 5.41) is 1.28. The minimum Gasteiger partial charge on any atom is -0.0666 e. The molecule has 0 aliphatic carbocycles. The normalized spacial score (nSPS) is 34.5. The largest absolute Gasteiger partial charge is 0.135 e. The molecule has 0 aromatic carbocycles. The van der Waals surface area contributed by atoms with Crippen LogP contribution >= 0.6 is 0 Å². The number of rotatable bonds is 5. The Labute approximate surface area is 110 Å². The fourth-order valence-corrected chi connectivity index (χ4v) is 4.45. The maximum atomic E-state index is 2.55. The van der Waals surface area contributed by atoms with Gasteiger partial charge in [0.15, 0.2) is 0 Å². The zero-order valence-corrected chi connectivity index (χ0v) is 12.9. The lowest BCUT2D eigenvalue weighted by molar-refractivity contribution is 0.298. The smallest absolute Gasteiger partial charge is 0.0666 e. The Balaban J connectivity index is 2.95. The summed E-state index contributed by atoms with van der Waals surface area (Å²) in [5.74, 6) is 0.955. The Morgan fingerprint density at radius 1 is 0.941 bits per heavy atom. The van der Waals surface area contributed by atoms with E-state index in [0.29, 0.717) is 10.6 Å². The van der Waals surface area contributed by atoms with Crippen LogP contribution in [0.5, 0.6) is 0 Å². The van der Waals surface area contributed by atoms with E-state index in [2.05, 4.69) is 34.6 Å². The van der Waals surface area contributed by atoms with Crippen molar-refractivity contribution in [1.29, 1.82) is 0 Å². The molecule has 1 aliphatic heterocycles. The molecule has 0 radical (unpaired) electrons. The second-order valence-electron chi connectivity index (χ2n) is 6.78. The molecule has 1 fully saturated rings. The van der Waals surface area contributed by atoms with Crippen molar-refractivity contribution in [1.82, 2.24) is 0 Å². The van der Waals surface area contributed by atoms with Crippen LogP contribution < -0.4 is 0 Å². The van der Waals surface area contributed by atoms with Crippen LogP contribution in [0.15, 0.2) is 0 Å². The van der Waals surface area contributed by atoms with Crippen molar-refractivity contribution in [2.24, 2.45) is 5.92 Å². The van der Waals surface area contributed by atoms with E-state index in [9.17, 15) is 0 Å². The molecular formula is C16H33B. The maximum Gasteiger partial charge on any atom is 0.135 e. The van der Waals surface area contributed by atoms with Crippen LogP contribution in [0.2, 0.25) is 10.6 Å². The van der Waals surface area contributed by atoms with E-state index in [0.717, 1.165) is 5.92 Å². The molecule has 0 amide bonds. The second kappa shape index (κ2) is 6.30. The van der Waals surface area contributed by atoms with Gasteiger partial charge in [-0.1, -0.05) is 96.6 Å². The first-order valence-electron chi connectivity index (χ1n) is 8.05. The van der Waals surface area contributed by atoms with Crippen molar-refractivity contribution in [3.05, 3.63) is 0 Å². The molecular weight excluding hydrogens is 203 g/mol. The molecule has 0 bridgehead atoms. The van der Waals surface area contributed by atoms with Gasteiger partial charge in [-0.25, -0.2) is 0 Å². The molecule has 0 aromatic rings. The van der Waals surface area contributed by atoms with Gasteiger partial charge in [-0.05, 0) is 5.92 Å². The minimum absolute atomic E-state index is 0.620. The third-order valence-corrected chi connectivity index (χ3v) is 5.89. The van der Waals surface area contributed by atoms with Crippen LogP contribution in [0.25, 0.3) is 0 Å². The minimum atomic E-state index is 0.620. The molecule has 1 aliphatic rings. The second-order valence-corrected chi connectivity index (χ2v) is 6.78. The van der Waals surface area contributed by atoms with E-state index in [1.54, 1.807) is 0 Å². The number of hydrogen-bond donors (Lipinski definition) is 0. The summed E-state index contributed by atoms with van der Waals surface area (Å²) in [4.78, 5) is 0. The van der Waals surface area contributed by atoms with Crippen molar-refractivity contribution in [2.45, 2.75) is 96.6 Å². The van der Waals surface area contributed by atoms with Gasteiger partial charge in [0.05, 0.1) is 0 Å². The van der Waals surface area contributed by atoms with Gasteiger partial charge in [-0.3, -0.25) is 0 Å². The van der Waals surface area contributed by atoms with E-state index < -0.39 is 0 Å². The third-order valence-electron chi connectivity index (χ3n) is 5.89. The molecule has 0 N–H and O–H groups in total. The highest BCUT2D eigenvalue weighted by atomic mass is 14.4. The van der Waals surface area contributed by atoms with E-state index in [-0.39, 0.29) is 0 Å². The SMILES string of the molecule is CCC(CC)C1(CC)BC(C)(CC)CCCC1. The Morgan fingerprint density at radius 3 is 2.00 bits per heavy atom. The van der Waals surface area contributed by atoms with Crippen molar-refractivity contribution < 1.29 is 0 Å². The highest BCUT2D eigenvalue weighted by Gasteiger charge is 2.43. The molecule has 1 rings (SSSR count). The highest BCUT2D eigenvalue weighted by Crippen LogP contribution is 2.55. The summed E-state index contributed by atoms with van der Waals surface area (Å²) in [6, 6.07) is 0. The monoisotopic (exact) mass is 236 g/mol. The summed E-state index contributed by atoms with van der Waals surface area (Å²) >= 11 is 0. The van der Waals surface area contributed by atoms with Gasteiger partial charge in [0.1, 0.15) is 7.28 Å². The molecule has 100 valence electrons. The zero-order chi connectivity index (χ0) is 12.9. The topological polar surface area (TPSA) is 0 Å². The van der Waals surface area contributed by atoms with E-state index in [1.165, 1.54) is 58.6 Å². The van der Waals surface area contributed by atoms with Crippen LogP contribution in [0.3, 0.4) is 0 Å². The predicted octanol–water partition coefficient (Wildman–Crippen LogP) is 5.59. The fraction of sp³-hybridized carbons (Fsp3) is 1.00. The van der Waals surface area contributed by atoms with Gasteiger partial charge in [-0.15, -0.1) is 0 Å². The standard InChI is InChI=1S/C16H33B/c1-6-14(7-2)16(9-4)13-11-10-12-15(5,8-3)17-16/h14,17H,6-13H2,1-5H3. The molecule has 2 atom stereocenters.